The SMILES string of the molecule is CC(C)c1nnc(NC(=O)Cc2csc(-c3ccc(F)cc3)n2)s1. The third kappa shape index (κ3) is 4.01. The van der Waals surface area contributed by atoms with Gasteiger partial charge < -0.3 is 5.32 Å². The quantitative estimate of drug-likeness (QED) is 0.742. The van der Waals surface area contributed by atoms with Gasteiger partial charge in [-0.15, -0.1) is 21.5 Å². The van der Waals surface area contributed by atoms with Crippen molar-refractivity contribution in [3.63, 3.8) is 0 Å². The van der Waals surface area contributed by atoms with Gasteiger partial charge in [0, 0.05) is 16.9 Å². The van der Waals surface area contributed by atoms with Crippen LogP contribution in [0, 0.1) is 5.82 Å². The van der Waals surface area contributed by atoms with Crippen molar-refractivity contribution in [3.8, 4) is 10.6 Å². The van der Waals surface area contributed by atoms with Crippen LogP contribution in [0.1, 0.15) is 30.5 Å². The normalized spacial score (nSPS) is 11.0. The zero-order valence-corrected chi connectivity index (χ0v) is 14.7. The number of anilines is 1. The summed E-state index contributed by atoms with van der Waals surface area (Å²) < 4.78 is 13.0. The average molecular weight is 362 g/mol. The molecule has 3 rings (SSSR count). The molecule has 2 aromatic heterocycles. The van der Waals surface area contributed by atoms with Gasteiger partial charge in [-0.25, -0.2) is 9.37 Å². The molecular formula is C16H15FN4OS2. The summed E-state index contributed by atoms with van der Waals surface area (Å²) in [6, 6.07) is 6.13. The van der Waals surface area contributed by atoms with E-state index in [2.05, 4.69) is 20.5 Å². The average Bonchev–Trinajstić information content (AvgIpc) is 3.17. The molecule has 0 fully saturated rings. The molecule has 5 nitrogen and oxygen atoms in total. The number of benzene rings is 1. The molecule has 3 aromatic rings. The van der Waals surface area contributed by atoms with E-state index < -0.39 is 0 Å². The maximum atomic E-state index is 13.0. The van der Waals surface area contributed by atoms with Gasteiger partial charge in [-0.3, -0.25) is 4.79 Å². The molecule has 0 atom stereocenters. The molecule has 1 amide bonds. The van der Waals surface area contributed by atoms with Crippen molar-refractivity contribution < 1.29 is 9.18 Å². The monoisotopic (exact) mass is 362 g/mol. The number of halogens is 1. The second kappa shape index (κ2) is 7.14. The van der Waals surface area contributed by atoms with Crippen molar-refractivity contribution in [1.29, 1.82) is 0 Å². The van der Waals surface area contributed by atoms with E-state index in [1.165, 1.54) is 34.8 Å². The van der Waals surface area contributed by atoms with Crippen molar-refractivity contribution >= 4 is 33.7 Å². The first-order valence-electron chi connectivity index (χ1n) is 7.35. The van der Waals surface area contributed by atoms with Crippen LogP contribution < -0.4 is 5.32 Å². The number of thiazole rings is 1. The summed E-state index contributed by atoms with van der Waals surface area (Å²) >= 11 is 2.80. The van der Waals surface area contributed by atoms with Crippen LogP contribution in [0.2, 0.25) is 0 Å². The number of carbonyl (C=O) groups excluding carboxylic acids is 1. The highest BCUT2D eigenvalue weighted by atomic mass is 32.1. The highest BCUT2D eigenvalue weighted by Crippen LogP contribution is 2.25. The van der Waals surface area contributed by atoms with Crippen molar-refractivity contribution in [2.45, 2.75) is 26.2 Å². The number of hydrogen-bond donors (Lipinski definition) is 1. The van der Waals surface area contributed by atoms with Gasteiger partial charge >= 0.3 is 0 Å². The topological polar surface area (TPSA) is 67.8 Å². The Morgan fingerprint density at radius 3 is 2.67 bits per heavy atom. The molecular weight excluding hydrogens is 347 g/mol. The molecule has 0 saturated carbocycles. The predicted molar refractivity (Wildman–Crippen MR) is 93.8 cm³/mol. The van der Waals surface area contributed by atoms with E-state index in [4.69, 9.17) is 0 Å². The molecule has 0 spiro atoms. The largest absolute Gasteiger partial charge is 0.300 e. The summed E-state index contributed by atoms with van der Waals surface area (Å²) in [4.78, 5) is 16.5. The fourth-order valence-electron chi connectivity index (χ4n) is 1.96. The predicted octanol–water partition coefficient (Wildman–Crippen LogP) is 4.11. The summed E-state index contributed by atoms with van der Waals surface area (Å²) in [6.07, 6.45) is 0.161. The van der Waals surface area contributed by atoms with Crippen molar-refractivity contribution in [2.75, 3.05) is 5.32 Å². The number of carbonyl (C=O) groups is 1. The van der Waals surface area contributed by atoms with Crippen LogP contribution in [-0.2, 0) is 11.2 Å². The van der Waals surface area contributed by atoms with Gasteiger partial charge in [-0.05, 0) is 24.3 Å². The molecule has 0 aliphatic carbocycles. The Morgan fingerprint density at radius 2 is 2.00 bits per heavy atom. The van der Waals surface area contributed by atoms with E-state index in [9.17, 15) is 9.18 Å². The molecule has 0 unspecified atom stereocenters. The Balaban J connectivity index is 1.63. The second-order valence-electron chi connectivity index (χ2n) is 5.48. The Kier molecular flexibility index (Phi) is 4.96. The van der Waals surface area contributed by atoms with Gasteiger partial charge in [0.1, 0.15) is 15.8 Å². The Hall–Kier alpha value is -2.19. The first kappa shape index (κ1) is 16.7. The molecule has 0 aliphatic rings. The van der Waals surface area contributed by atoms with Crippen LogP contribution in [-0.4, -0.2) is 21.1 Å². The summed E-state index contributed by atoms with van der Waals surface area (Å²) in [5.41, 5.74) is 1.50. The van der Waals surface area contributed by atoms with Crippen molar-refractivity contribution in [3.05, 3.63) is 46.2 Å². The number of aromatic nitrogens is 3. The third-order valence-corrected chi connectivity index (χ3v) is 5.24. The van der Waals surface area contributed by atoms with E-state index >= 15 is 0 Å². The minimum atomic E-state index is -0.285. The molecule has 0 saturated heterocycles. The van der Waals surface area contributed by atoms with E-state index in [1.54, 1.807) is 12.1 Å². The maximum Gasteiger partial charge on any atom is 0.232 e. The van der Waals surface area contributed by atoms with Crippen LogP contribution in [0.25, 0.3) is 10.6 Å². The molecule has 1 aromatic carbocycles. The maximum absolute atomic E-state index is 13.0. The smallest absolute Gasteiger partial charge is 0.232 e. The van der Waals surface area contributed by atoms with Crippen LogP contribution in [0.15, 0.2) is 29.6 Å². The number of amides is 1. The van der Waals surface area contributed by atoms with E-state index in [0.717, 1.165) is 15.6 Å². The molecule has 124 valence electrons. The Bertz CT molecular complexity index is 842. The molecule has 0 aliphatic heterocycles. The zero-order valence-electron chi connectivity index (χ0n) is 13.1. The fourth-order valence-corrected chi connectivity index (χ4v) is 3.55. The Morgan fingerprint density at radius 1 is 1.25 bits per heavy atom. The lowest BCUT2D eigenvalue weighted by atomic mass is 10.2. The number of hydrogen-bond acceptors (Lipinski definition) is 6. The molecule has 0 radical (unpaired) electrons. The summed E-state index contributed by atoms with van der Waals surface area (Å²) in [7, 11) is 0. The summed E-state index contributed by atoms with van der Waals surface area (Å²) in [5.74, 6) is -0.185. The lowest BCUT2D eigenvalue weighted by Gasteiger charge is -1.99. The van der Waals surface area contributed by atoms with E-state index in [1.807, 2.05) is 19.2 Å². The zero-order chi connectivity index (χ0) is 17.1. The first-order chi connectivity index (χ1) is 11.5. The third-order valence-electron chi connectivity index (χ3n) is 3.17. The lowest BCUT2D eigenvalue weighted by molar-refractivity contribution is -0.115. The highest BCUT2D eigenvalue weighted by Gasteiger charge is 2.13. The second-order valence-corrected chi connectivity index (χ2v) is 7.34. The van der Waals surface area contributed by atoms with Crippen molar-refractivity contribution in [2.24, 2.45) is 0 Å². The number of nitrogens with zero attached hydrogens (tertiary/aromatic N) is 3. The first-order valence-corrected chi connectivity index (χ1v) is 9.04. The van der Waals surface area contributed by atoms with Crippen molar-refractivity contribution in [1.82, 2.24) is 15.2 Å². The lowest BCUT2D eigenvalue weighted by Crippen LogP contribution is -2.14. The molecule has 0 bridgehead atoms. The molecule has 24 heavy (non-hydrogen) atoms. The summed E-state index contributed by atoms with van der Waals surface area (Å²) in [6.45, 7) is 4.05. The standard InChI is InChI=1S/C16H15FN4OS2/c1-9(2)14-20-21-16(24-14)19-13(22)7-12-8-23-15(18-12)10-3-5-11(17)6-4-10/h3-6,8-9H,7H2,1-2H3,(H,19,21,22). The van der Waals surface area contributed by atoms with Gasteiger partial charge in [0.25, 0.3) is 0 Å². The fraction of sp³-hybridized carbons (Fsp3) is 0.250. The summed E-state index contributed by atoms with van der Waals surface area (Å²) in [5, 5.41) is 14.7. The van der Waals surface area contributed by atoms with Gasteiger partial charge in [-0.1, -0.05) is 25.2 Å². The number of nitrogens with one attached hydrogen (secondary N) is 1. The van der Waals surface area contributed by atoms with Gasteiger partial charge in [0.2, 0.25) is 11.0 Å². The van der Waals surface area contributed by atoms with Crippen LogP contribution in [0.4, 0.5) is 9.52 Å². The van der Waals surface area contributed by atoms with Crippen LogP contribution in [0.5, 0.6) is 0 Å². The molecule has 8 heteroatoms. The van der Waals surface area contributed by atoms with E-state index in [-0.39, 0.29) is 24.1 Å². The highest BCUT2D eigenvalue weighted by molar-refractivity contribution is 7.15. The van der Waals surface area contributed by atoms with Crippen LogP contribution in [0.3, 0.4) is 0 Å². The van der Waals surface area contributed by atoms with Gasteiger partial charge in [0.15, 0.2) is 0 Å². The van der Waals surface area contributed by atoms with E-state index in [0.29, 0.717) is 10.8 Å². The minimum absolute atomic E-state index is 0.161. The van der Waals surface area contributed by atoms with Gasteiger partial charge in [-0.2, -0.15) is 0 Å². The molecule has 1 N–H and O–H groups in total. The molecule has 2 heterocycles. The Labute approximate surface area is 146 Å². The van der Waals surface area contributed by atoms with Gasteiger partial charge in [0.05, 0.1) is 12.1 Å². The van der Waals surface area contributed by atoms with Crippen LogP contribution >= 0.6 is 22.7 Å². The minimum Gasteiger partial charge on any atom is -0.300 e. The number of rotatable bonds is 5.